The van der Waals surface area contributed by atoms with Gasteiger partial charge in [-0.1, -0.05) is 34.8 Å². The number of carbonyl (C=O) groups excluding carboxylic acids is 1. The molecule has 0 saturated heterocycles. The Hall–Kier alpha value is -0.540. The standard InChI is InChI=1S/C10H3Cl4NO/c11-4-1-5-8(13)6(10(14)16)3-15-9(5)7(12)2-4/h1-3H. The normalized spacial score (nSPS) is 10.8. The molecule has 0 amide bonds. The minimum atomic E-state index is -0.671. The maximum Gasteiger partial charge on any atom is 0.255 e. The molecule has 0 N–H and O–H groups in total. The van der Waals surface area contributed by atoms with Gasteiger partial charge >= 0.3 is 0 Å². The summed E-state index contributed by atoms with van der Waals surface area (Å²) < 4.78 is 0. The zero-order chi connectivity index (χ0) is 11.9. The average molecular weight is 295 g/mol. The second kappa shape index (κ2) is 4.38. The number of hydrogen-bond donors (Lipinski definition) is 0. The third-order valence-electron chi connectivity index (χ3n) is 2.04. The number of carbonyl (C=O) groups is 1. The van der Waals surface area contributed by atoms with Crippen molar-refractivity contribution < 1.29 is 4.79 Å². The number of halogens is 4. The minimum Gasteiger partial charge on any atom is -0.275 e. The third-order valence-corrected chi connectivity index (χ3v) is 3.15. The number of fused-ring (bicyclic) bond motifs is 1. The van der Waals surface area contributed by atoms with Crippen molar-refractivity contribution in [2.75, 3.05) is 0 Å². The van der Waals surface area contributed by atoms with E-state index in [0.717, 1.165) is 0 Å². The molecule has 0 aliphatic heterocycles. The van der Waals surface area contributed by atoms with Crippen LogP contribution in [0.25, 0.3) is 10.9 Å². The summed E-state index contributed by atoms with van der Waals surface area (Å²) in [6.07, 6.45) is 1.29. The van der Waals surface area contributed by atoms with Crippen molar-refractivity contribution in [3.05, 3.63) is 39.0 Å². The van der Waals surface area contributed by atoms with Crippen LogP contribution < -0.4 is 0 Å². The predicted molar refractivity (Wildman–Crippen MR) is 67.0 cm³/mol. The van der Waals surface area contributed by atoms with Crippen LogP contribution in [0.2, 0.25) is 15.1 Å². The smallest absolute Gasteiger partial charge is 0.255 e. The average Bonchev–Trinajstić information content (AvgIpc) is 2.19. The first-order valence-electron chi connectivity index (χ1n) is 4.14. The fraction of sp³-hybridized carbons (Fsp3) is 0. The Morgan fingerprint density at radius 1 is 1.19 bits per heavy atom. The van der Waals surface area contributed by atoms with Crippen molar-refractivity contribution >= 4 is 62.5 Å². The second-order valence-electron chi connectivity index (χ2n) is 3.04. The molecule has 0 fully saturated rings. The van der Waals surface area contributed by atoms with Crippen LogP contribution in [-0.4, -0.2) is 10.2 Å². The molecule has 0 aliphatic rings. The maximum atomic E-state index is 11.1. The van der Waals surface area contributed by atoms with Crippen LogP contribution in [0.4, 0.5) is 0 Å². The van der Waals surface area contributed by atoms with E-state index in [2.05, 4.69) is 4.98 Å². The van der Waals surface area contributed by atoms with Gasteiger partial charge in [0, 0.05) is 16.6 Å². The van der Waals surface area contributed by atoms with Crippen molar-refractivity contribution in [2.45, 2.75) is 0 Å². The van der Waals surface area contributed by atoms with E-state index in [1.54, 1.807) is 12.1 Å². The molecule has 1 heterocycles. The molecular formula is C10H3Cl4NO. The van der Waals surface area contributed by atoms with Crippen LogP contribution in [0.5, 0.6) is 0 Å². The van der Waals surface area contributed by atoms with E-state index < -0.39 is 5.24 Å². The number of hydrogen-bond acceptors (Lipinski definition) is 2. The zero-order valence-electron chi connectivity index (χ0n) is 7.60. The molecule has 2 nitrogen and oxygen atoms in total. The highest BCUT2D eigenvalue weighted by molar-refractivity contribution is 6.69. The zero-order valence-corrected chi connectivity index (χ0v) is 10.6. The monoisotopic (exact) mass is 293 g/mol. The fourth-order valence-corrected chi connectivity index (χ4v) is 2.34. The molecule has 1 aromatic heterocycles. The maximum absolute atomic E-state index is 11.1. The molecule has 2 aromatic rings. The summed E-state index contributed by atoms with van der Waals surface area (Å²) in [6, 6.07) is 3.14. The van der Waals surface area contributed by atoms with Gasteiger partial charge in [0.15, 0.2) is 0 Å². The number of nitrogens with zero attached hydrogens (tertiary/aromatic N) is 1. The van der Waals surface area contributed by atoms with E-state index in [1.165, 1.54) is 6.20 Å². The van der Waals surface area contributed by atoms with Gasteiger partial charge in [-0.3, -0.25) is 9.78 Å². The van der Waals surface area contributed by atoms with Gasteiger partial charge in [-0.15, -0.1) is 0 Å². The Kier molecular flexibility index (Phi) is 3.27. The highest BCUT2D eigenvalue weighted by Gasteiger charge is 2.14. The van der Waals surface area contributed by atoms with Gasteiger partial charge in [0.25, 0.3) is 5.24 Å². The van der Waals surface area contributed by atoms with E-state index >= 15 is 0 Å². The lowest BCUT2D eigenvalue weighted by Gasteiger charge is -2.05. The molecule has 0 radical (unpaired) electrons. The summed E-state index contributed by atoms with van der Waals surface area (Å²) in [5.41, 5.74) is 0.618. The van der Waals surface area contributed by atoms with Gasteiger partial charge in [-0.25, -0.2) is 0 Å². The van der Waals surface area contributed by atoms with Crippen LogP contribution in [0.3, 0.4) is 0 Å². The molecule has 0 bridgehead atoms. The minimum absolute atomic E-state index is 0.133. The molecule has 0 saturated carbocycles. The van der Waals surface area contributed by atoms with Crippen LogP contribution in [0.1, 0.15) is 10.4 Å². The van der Waals surface area contributed by atoms with Gasteiger partial charge in [0.05, 0.1) is 21.1 Å². The Morgan fingerprint density at radius 3 is 2.50 bits per heavy atom. The molecule has 0 spiro atoms. The molecular weight excluding hydrogens is 292 g/mol. The third kappa shape index (κ3) is 1.98. The summed E-state index contributed by atoms with van der Waals surface area (Å²) in [7, 11) is 0. The van der Waals surface area contributed by atoms with Crippen molar-refractivity contribution in [3.63, 3.8) is 0 Å². The first-order chi connectivity index (χ1) is 7.50. The van der Waals surface area contributed by atoms with E-state index in [1.807, 2.05) is 0 Å². The van der Waals surface area contributed by atoms with Crippen LogP contribution >= 0.6 is 46.4 Å². The second-order valence-corrected chi connectivity index (χ2v) is 4.61. The summed E-state index contributed by atoms with van der Waals surface area (Å²) >= 11 is 23.2. The van der Waals surface area contributed by atoms with Crippen molar-refractivity contribution in [2.24, 2.45) is 0 Å². The Labute approximate surface area is 111 Å². The van der Waals surface area contributed by atoms with Gasteiger partial charge in [0.1, 0.15) is 0 Å². The Bertz CT molecular complexity index is 597. The van der Waals surface area contributed by atoms with Crippen LogP contribution in [-0.2, 0) is 0 Å². The highest BCUT2D eigenvalue weighted by atomic mass is 35.5. The highest BCUT2D eigenvalue weighted by Crippen LogP contribution is 2.33. The van der Waals surface area contributed by atoms with Crippen LogP contribution in [0, 0.1) is 0 Å². The molecule has 16 heavy (non-hydrogen) atoms. The molecule has 1 aromatic carbocycles. The number of aromatic nitrogens is 1. The number of benzene rings is 1. The Balaban J connectivity index is 2.89. The molecule has 82 valence electrons. The lowest BCUT2D eigenvalue weighted by molar-refractivity contribution is 0.108. The van der Waals surface area contributed by atoms with Gasteiger partial charge in [-0.2, -0.15) is 0 Å². The Morgan fingerprint density at radius 2 is 1.88 bits per heavy atom. The van der Waals surface area contributed by atoms with E-state index in [4.69, 9.17) is 46.4 Å². The molecule has 6 heteroatoms. The summed E-state index contributed by atoms with van der Waals surface area (Å²) in [5.74, 6) is 0. The lowest BCUT2D eigenvalue weighted by atomic mass is 10.1. The summed E-state index contributed by atoms with van der Waals surface area (Å²) in [4.78, 5) is 15.1. The number of rotatable bonds is 1. The predicted octanol–water partition coefficient (Wildman–Crippen LogP) is 4.57. The quantitative estimate of drug-likeness (QED) is 0.721. The summed E-state index contributed by atoms with van der Waals surface area (Å²) in [5, 5.41) is 0.828. The van der Waals surface area contributed by atoms with E-state index in [-0.39, 0.29) is 10.6 Å². The molecule has 0 aliphatic carbocycles. The van der Waals surface area contributed by atoms with Gasteiger partial charge in [-0.05, 0) is 23.7 Å². The van der Waals surface area contributed by atoms with Gasteiger partial charge in [0.2, 0.25) is 0 Å². The van der Waals surface area contributed by atoms with Crippen LogP contribution in [0.15, 0.2) is 18.3 Å². The lowest BCUT2D eigenvalue weighted by Crippen LogP contribution is -1.94. The molecule has 0 unspecified atom stereocenters. The van der Waals surface area contributed by atoms with Crippen molar-refractivity contribution in [1.82, 2.24) is 4.98 Å². The first kappa shape index (κ1) is 11.9. The molecule has 2 rings (SSSR count). The number of pyridine rings is 1. The SMILES string of the molecule is O=C(Cl)c1cnc2c(Cl)cc(Cl)cc2c1Cl. The van der Waals surface area contributed by atoms with Crippen molar-refractivity contribution in [3.8, 4) is 0 Å². The topological polar surface area (TPSA) is 30.0 Å². The molecule has 0 atom stereocenters. The van der Waals surface area contributed by atoms with Crippen molar-refractivity contribution in [1.29, 1.82) is 0 Å². The van der Waals surface area contributed by atoms with Gasteiger partial charge < -0.3 is 0 Å². The van der Waals surface area contributed by atoms with E-state index in [9.17, 15) is 4.79 Å². The first-order valence-corrected chi connectivity index (χ1v) is 5.65. The largest absolute Gasteiger partial charge is 0.275 e. The van der Waals surface area contributed by atoms with E-state index in [0.29, 0.717) is 20.9 Å². The summed E-state index contributed by atoms with van der Waals surface area (Å²) in [6.45, 7) is 0. The fourth-order valence-electron chi connectivity index (χ4n) is 1.33.